The number of pyridine rings is 1. The second kappa shape index (κ2) is 8.16. The van der Waals surface area contributed by atoms with Gasteiger partial charge in [-0.2, -0.15) is 0 Å². The molecule has 7 nitrogen and oxygen atoms in total. The van der Waals surface area contributed by atoms with Crippen LogP contribution in [0.5, 0.6) is 0 Å². The van der Waals surface area contributed by atoms with Gasteiger partial charge >= 0.3 is 0 Å². The number of aromatic nitrogens is 1. The van der Waals surface area contributed by atoms with Gasteiger partial charge in [0.05, 0.1) is 16.1 Å². The van der Waals surface area contributed by atoms with Crippen LogP contribution in [0.1, 0.15) is 36.2 Å². The van der Waals surface area contributed by atoms with Crippen LogP contribution in [0.25, 0.3) is 11.1 Å². The van der Waals surface area contributed by atoms with E-state index in [2.05, 4.69) is 4.98 Å². The van der Waals surface area contributed by atoms with Crippen LogP contribution >= 0.6 is 0 Å². The summed E-state index contributed by atoms with van der Waals surface area (Å²) >= 11 is 0. The van der Waals surface area contributed by atoms with Crippen molar-refractivity contribution in [1.82, 2.24) is 9.88 Å². The fourth-order valence-corrected chi connectivity index (χ4v) is 2.64. The molecule has 0 fully saturated rings. The number of aldehydes is 1. The average molecular weight is 357 g/mol. The summed E-state index contributed by atoms with van der Waals surface area (Å²) in [7, 11) is 1.85. The van der Waals surface area contributed by atoms with E-state index in [1.165, 1.54) is 6.07 Å². The lowest BCUT2D eigenvalue weighted by Gasteiger charge is -2.23. The molecular weight excluding hydrogens is 334 g/mol. The van der Waals surface area contributed by atoms with Gasteiger partial charge in [-0.15, -0.1) is 0 Å². The van der Waals surface area contributed by atoms with Crippen LogP contribution in [0.3, 0.4) is 0 Å². The van der Waals surface area contributed by atoms with Crippen LogP contribution in [0.2, 0.25) is 0 Å². The Bertz CT molecular complexity index is 785. The van der Waals surface area contributed by atoms with E-state index >= 15 is 0 Å². The van der Waals surface area contributed by atoms with Gasteiger partial charge in [-0.25, -0.2) is 0 Å². The summed E-state index contributed by atoms with van der Waals surface area (Å²) in [6.45, 7) is 4.43. The highest BCUT2D eigenvalue weighted by atomic mass is 16.6. The molecule has 0 aliphatic rings. The number of hydrogen-bond donors (Lipinski definition) is 1. The zero-order chi connectivity index (χ0) is 19.3. The lowest BCUT2D eigenvalue weighted by molar-refractivity contribution is -0.384. The first-order valence-electron chi connectivity index (χ1n) is 8.29. The lowest BCUT2D eigenvalue weighted by Crippen LogP contribution is -2.28. The summed E-state index contributed by atoms with van der Waals surface area (Å²) in [6.07, 6.45) is 4.38. The van der Waals surface area contributed by atoms with Gasteiger partial charge in [-0.05, 0) is 56.6 Å². The summed E-state index contributed by atoms with van der Waals surface area (Å²) < 4.78 is 0. The first-order valence-corrected chi connectivity index (χ1v) is 8.29. The van der Waals surface area contributed by atoms with E-state index in [1.807, 2.05) is 11.9 Å². The molecule has 2 rings (SSSR count). The molecule has 2 aromatic rings. The molecule has 26 heavy (non-hydrogen) atoms. The summed E-state index contributed by atoms with van der Waals surface area (Å²) in [5, 5.41) is 21.4. The van der Waals surface area contributed by atoms with E-state index in [0.717, 1.165) is 0 Å². The molecule has 0 saturated heterocycles. The molecule has 0 saturated carbocycles. The van der Waals surface area contributed by atoms with Crippen molar-refractivity contribution in [3.63, 3.8) is 0 Å². The summed E-state index contributed by atoms with van der Waals surface area (Å²) in [5.41, 5.74) is 1.19. The predicted octanol–water partition coefficient (Wildman–Crippen LogP) is 3.06. The minimum Gasteiger partial charge on any atom is -0.390 e. The fraction of sp³-hybridized carbons (Fsp3) is 0.368. The van der Waals surface area contributed by atoms with E-state index in [-0.39, 0.29) is 5.69 Å². The van der Waals surface area contributed by atoms with Crippen molar-refractivity contribution >= 4 is 12.0 Å². The number of aliphatic hydroxyl groups is 1. The molecule has 1 heterocycles. The topological polar surface area (TPSA) is 96.6 Å². The quantitative estimate of drug-likeness (QED) is 0.443. The largest absolute Gasteiger partial charge is 0.390 e. The van der Waals surface area contributed by atoms with Crippen molar-refractivity contribution < 1.29 is 14.8 Å². The van der Waals surface area contributed by atoms with Crippen molar-refractivity contribution in [1.29, 1.82) is 0 Å². The van der Waals surface area contributed by atoms with Crippen LogP contribution in [0.15, 0.2) is 36.7 Å². The molecule has 0 aliphatic carbocycles. The number of rotatable bonds is 8. The Labute approximate surface area is 152 Å². The van der Waals surface area contributed by atoms with Crippen LogP contribution in [0, 0.1) is 10.1 Å². The zero-order valence-electron chi connectivity index (χ0n) is 15.2. The minimum atomic E-state index is -0.793. The van der Waals surface area contributed by atoms with Crippen molar-refractivity contribution in [3.8, 4) is 11.1 Å². The highest BCUT2D eigenvalue weighted by molar-refractivity contribution is 5.85. The van der Waals surface area contributed by atoms with E-state index < -0.39 is 10.5 Å². The molecule has 0 amide bonds. The van der Waals surface area contributed by atoms with Gasteiger partial charge < -0.3 is 10.0 Å². The highest BCUT2D eigenvalue weighted by Crippen LogP contribution is 2.32. The van der Waals surface area contributed by atoms with Crippen LogP contribution in [-0.2, 0) is 6.54 Å². The molecule has 1 aromatic carbocycles. The Balaban J connectivity index is 2.37. The number of nitrogens with zero attached hydrogens (tertiary/aromatic N) is 3. The molecule has 0 spiro atoms. The number of carbonyl (C=O) groups excluding carboxylic acids is 1. The first-order chi connectivity index (χ1) is 12.2. The third kappa shape index (κ3) is 5.18. The standard InChI is InChI=1S/C19H23N3O4/c1-19(2,24)6-9-21(3)12-15-11-18(22(25)26)17(10-16(15)13-23)14-4-7-20-8-5-14/h4-5,7-8,10-11,13,24H,6,9,12H2,1-3H3. The number of nitro groups is 1. The van der Waals surface area contributed by atoms with Crippen LogP contribution < -0.4 is 0 Å². The normalized spacial score (nSPS) is 11.6. The SMILES string of the molecule is CN(CCC(C)(C)O)Cc1cc([N+](=O)[O-])c(-c2ccncc2)cc1C=O. The van der Waals surface area contributed by atoms with Crippen molar-refractivity contribution in [2.75, 3.05) is 13.6 Å². The van der Waals surface area contributed by atoms with Crippen molar-refractivity contribution in [3.05, 3.63) is 57.9 Å². The first kappa shape index (κ1) is 19.7. The van der Waals surface area contributed by atoms with Gasteiger partial charge in [-0.3, -0.25) is 19.9 Å². The Morgan fingerprint density at radius 2 is 1.96 bits per heavy atom. The lowest BCUT2D eigenvalue weighted by atomic mass is 9.97. The Hall–Kier alpha value is -2.64. The summed E-state index contributed by atoms with van der Waals surface area (Å²) in [5.74, 6) is 0. The van der Waals surface area contributed by atoms with E-state index in [0.29, 0.717) is 48.1 Å². The van der Waals surface area contributed by atoms with Crippen LogP contribution in [0.4, 0.5) is 5.69 Å². The molecule has 1 aromatic heterocycles. The fourth-order valence-electron chi connectivity index (χ4n) is 2.64. The van der Waals surface area contributed by atoms with E-state index in [4.69, 9.17) is 0 Å². The van der Waals surface area contributed by atoms with Gasteiger partial charge in [0.15, 0.2) is 0 Å². The minimum absolute atomic E-state index is 0.0484. The maximum atomic E-state index is 11.5. The zero-order valence-corrected chi connectivity index (χ0v) is 15.2. The smallest absolute Gasteiger partial charge is 0.277 e. The van der Waals surface area contributed by atoms with Gasteiger partial charge in [0.2, 0.25) is 0 Å². The van der Waals surface area contributed by atoms with Crippen LogP contribution in [-0.4, -0.2) is 45.4 Å². The maximum Gasteiger partial charge on any atom is 0.277 e. The second-order valence-electron chi connectivity index (χ2n) is 6.98. The molecule has 0 atom stereocenters. The number of hydrogen-bond acceptors (Lipinski definition) is 6. The molecule has 7 heteroatoms. The average Bonchev–Trinajstić information content (AvgIpc) is 2.59. The Kier molecular flexibility index (Phi) is 6.18. The van der Waals surface area contributed by atoms with Gasteiger partial charge in [0, 0.05) is 37.1 Å². The highest BCUT2D eigenvalue weighted by Gasteiger charge is 2.21. The monoisotopic (exact) mass is 357 g/mol. The molecule has 0 radical (unpaired) electrons. The third-order valence-corrected chi connectivity index (χ3v) is 4.12. The molecule has 1 N–H and O–H groups in total. The molecule has 0 bridgehead atoms. The maximum absolute atomic E-state index is 11.5. The van der Waals surface area contributed by atoms with Gasteiger partial charge in [0.25, 0.3) is 5.69 Å². The second-order valence-corrected chi connectivity index (χ2v) is 6.98. The van der Waals surface area contributed by atoms with Gasteiger partial charge in [0.1, 0.15) is 6.29 Å². The number of benzene rings is 1. The number of carbonyl (C=O) groups is 1. The van der Waals surface area contributed by atoms with E-state index in [9.17, 15) is 20.0 Å². The molecule has 138 valence electrons. The van der Waals surface area contributed by atoms with Crippen molar-refractivity contribution in [2.45, 2.75) is 32.4 Å². The van der Waals surface area contributed by atoms with E-state index in [1.54, 1.807) is 44.4 Å². The third-order valence-electron chi connectivity index (χ3n) is 4.12. The molecular formula is C19H23N3O4. The molecule has 0 unspecified atom stereocenters. The predicted molar refractivity (Wildman–Crippen MR) is 99.0 cm³/mol. The Morgan fingerprint density at radius 3 is 2.50 bits per heavy atom. The summed E-state index contributed by atoms with van der Waals surface area (Å²) in [4.78, 5) is 28.5. The Morgan fingerprint density at radius 1 is 1.31 bits per heavy atom. The van der Waals surface area contributed by atoms with Crippen molar-refractivity contribution in [2.24, 2.45) is 0 Å². The molecule has 0 aliphatic heterocycles. The van der Waals surface area contributed by atoms with Gasteiger partial charge in [-0.1, -0.05) is 0 Å². The number of nitro benzene ring substituents is 1. The summed E-state index contributed by atoms with van der Waals surface area (Å²) in [6, 6.07) is 6.36.